The molecule has 0 N–H and O–H groups in total. The minimum atomic E-state index is -3.37. The van der Waals surface area contributed by atoms with E-state index in [-0.39, 0.29) is 18.0 Å². The van der Waals surface area contributed by atoms with E-state index in [1.807, 2.05) is 29.2 Å². The van der Waals surface area contributed by atoms with Gasteiger partial charge in [0.1, 0.15) is 0 Å². The van der Waals surface area contributed by atoms with Gasteiger partial charge in [-0.25, -0.2) is 8.42 Å². The first kappa shape index (κ1) is 19.2. The maximum Gasteiger partial charge on any atom is 0.247 e. The van der Waals surface area contributed by atoms with E-state index >= 15 is 0 Å². The lowest BCUT2D eigenvalue weighted by Crippen LogP contribution is -2.49. The summed E-state index contributed by atoms with van der Waals surface area (Å²) in [5.41, 5.74) is 0.798. The van der Waals surface area contributed by atoms with Gasteiger partial charge >= 0.3 is 0 Å². The van der Waals surface area contributed by atoms with E-state index < -0.39 is 15.1 Å². The summed E-state index contributed by atoms with van der Waals surface area (Å²) in [7, 11) is -3.37. The molecule has 2 saturated heterocycles. The second-order valence-corrected chi connectivity index (χ2v) is 10.1. The highest BCUT2D eigenvalue weighted by molar-refractivity contribution is 7.92. The Hall–Kier alpha value is -2.11. The molecule has 1 amide bonds. The third-order valence-corrected chi connectivity index (χ3v) is 8.30. The topological polar surface area (TPSA) is 54.5 Å². The highest BCUT2D eigenvalue weighted by Gasteiger charge is 2.46. The van der Waals surface area contributed by atoms with Crippen LogP contribution in [0, 0.1) is 0 Å². The minimum Gasteiger partial charge on any atom is -0.333 e. The molecule has 2 unspecified atom stereocenters. The fourth-order valence-electron chi connectivity index (χ4n) is 4.40. The lowest BCUT2D eigenvalue weighted by atomic mass is 10.0. The van der Waals surface area contributed by atoms with Crippen molar-refractivity contribution in [2.45, 2.75) is 47.9 Å². The molecule has 6 heteroatoms. The molecule has 0 aliphatic carbocycles. The SMILES string of the molecule is O=C(/C=C/c1ccccc1Cl)N1C2CCC1CC(S(=O)(=O)c1ccccc1)C2. The van der Waals surface area contributed by atoms with Gasteiger partial charge in [0.25, 0.3) is 0 Å². The van der Waals surface area contributed by atoms with Crippen LogP contribution in [0.2, 0.25) is 5.02 Å². The van der Waals surface area contributed by atoms with E-state index in [9.17, 15) is 13.2 Å². The van der Waals surface area contributed by atoms with E-state index in [2.05, 4.69) is 0 Å². The number of nitrogens with zero attached hydrogens (tertiary/aromatic N) is 1. The summed E-state index contributed by atoms with van der Waals surface area (Å²) in [5, 5.41) is 0.172. The maximum atomic E-state index is 13.0. The second kappa shape index (κ2) is 7.72. The van der Waals surface area contributed by atoms with E-state index in [0.29, 0.717) is 22.8 Å². The average Bonchev–Trinajstić information content (AvgIpc) is 2.97. The second-order valence-electron chi connectivity index (χ2n) is 7.44. The number of rotatable bonds is 4. The van der Waals surface area contributed by atoms with Gasteiger partial charge in [0.05, 0.1) is 10.1 Å². The number of sulfone groups is 1. The number of carbonyl (C=O) groups is 1. The van der Waals surface area contributed by atoms with Crippen LogP contribution in [0.3, 0.4) is 0 Å². The highest BCUT2D eigenvalue weighted by atomic mass is 35.5. The van der Waals surface area contributed by atoms with Gasteiger partial charge < -0.3 is 4.90 Å². The Kier molecular flexibility index (Phi) is 5.30. The molecule has 2 heterocycles. The van der Waals surface area contributed by atoms with Crippen molar-refractivity contribution in [3.8, 4) is 0 Å². The summed E-state index contributed by atoms with van der Waals surface area (Å²) in [6.45, 7) is 0. The van der Waals surface area contributed by atoms with E-state index in [1.54, 1.807) is 42.5 Å². The molecule has 0 aromatic heterocycles. The van der Waals surface area contributed by atoms with Crippen LogP contribution in [0.5, 0.6) is 0 Å². The highest BCUT2D eigenvalue weighted by Crippen LogP contribution is 2.40. The van der Waals surface area contributed by atoms with Gasteiger partial charge in [-0.05, 0) is 55.5 Å². The van der Waals surface area contributed by atoms with Gasteiger partial charge in [0.2, 0.25) is 5.91 Å². The van der Waals surface area contributed by atoms with Crippen molar-refractivity contribution in [2.24, 2.45) is 0 Å². The summed E-state index contributed by atoms with van der Waals surface area (Å²) in [6, 6.07) is 15.9. The van der Waals surface area contributed by atoms with Gasteiger partial charge in [-0.2, -0.15) is 0 Å². The lowest BCUT2D eigenvalue weighted by Gasteiger charge is -2.38. The first-order chi connectivity index (χ1) is 13.5. The average molecular weight is 416 g/mol. The largest absolute Gasteiger partial charge is 0.333 e. The van der Waals surface area contributed by atoms with Crippen LogP contribution < -0.4 is 0 Å². The molecule has 146 valence electrons. The van der Waals surface area contributed by atoms with Crippen LogP contribution in [-0.2, 0) is 14.6 Å². The summed E-state index contributed by atoms with van der Waals surface area (Å²) in [4.78, 5) is 15.1. The van der Waals surface area contributed by atoms with Crippen molar-refractivity contribution in [2.75, 3.05) is 0 Å². The zero-order chi connectivity index (χ0) is 19.7. The van der Waals surface area contributed by atoms with E-state index in [0.717, 1.165) is 18.4 Å². The molecule has 28 heavy (non-hydrogen) atoms. The predicted octanol–water partition coefficient (Wildman–Crippen LogP) is 4.35. The Morgan fingerprint density at radius 3 is 2.21 bits per heavy atom. The normalized spacial score (nSPS) is 24.6. The van der Waals surface area contributed by atoms with Crippen LogP contribution in [0.1, 0.15) is 31.2 Å². The molecule has 2 fully saturated rings. The number of benzene rings is 2. The van der Waals surface area contributed by atoms with Crippen LogP contribution in [0.15, 0.2) is 65.6 Å². The molecule has 2 aromatic rings. The molecule has 0 radical (unpaired) electrons. The van der Waals surface area contributed by atoms with Gasteiger partial charge in [-0.15, -0.1) is 0 Å². The maximum absolute atomic E-state index is 13.0. The van der Waals surface area contributed by atoms with Gasteiger partial charge in [-0.3, -0.25) is 4.79 Å². The predicted molar refractivity (Wildman–Crippen MR) is 111 cm³/mol. The minimum absolute atomic E-state index is 0.0226. The van der Waals surface area contributed by atoms with Crippen molar-refractivity contribution in [3.05, 3.63) is 71.3 Å². The van der Waals surface area contributed by atoms with Crippen molar-refractivity contribution < 1.29 is 13.2 Å². The molecule has 2 aliphatic rings. The smallest absolute Gasteiger partial charge is 0.247 e. The molecule has 2 aliphatic heterocycles. The summed E-state index contributed by atoms with van der Waals surface area (Å²) >= 11 is 6.15. The zero-order valence-electron chi connectivity index (χ0n) is 15.4. The standard InChI is InChI=1S/C22H22ClNO3S/c23-21-9-5-4-6-16(21)10-13-22(25)24-17-11-12-18(24)15-20(14-17)28(26,27)19-7-2-1-3-8-19/h1-10,13,17-18,20H,11-12,14-15H2/b13-10+. The summed E-state index contributed by atoms with van der Waals surface area (Å²) in [6.07, 6.45) is 6.00. The number of hydrogen-bond acceptors (Lipinski definition) is 3. The summed E-state index contributed by atoms with van der Waals surface area (Å²) < 4.78 is 26.0. The van der Waals surface area contributed by atoms with Crippen molar-refractivity contribution in [1.29, 1.82) is 0 Å². The van der Waals surface area contributed by atoms with Crippen molar-refractivity contribution in [3.63, 3.8) is 0 Å². The number of fused-ring (bicyclic) bond motifs is 2. The zero-order valence-corrected chi connectivity index (χ0v) is 16.9. The monoisotopic (exact) mass is 415 g/mol. The number of piperidine rings is 1. The number of carbonyl (C=O) groups excluding carboxylic acids is 1. The molecule has 0 spiro atoms. The Bertz CT molecular complexity index is 989. The van der Waals surface area contributed by atoms with E-state index in [4.69, 9.17) is 11.6 Å². The number of halogens is 1. The third kappa shape index (κ3) is 3.61. The fourth-order valence-corrected chi connectivity index (χ4v) is 6.47. The van der Waals surface area contributed by atoms with E-state index in [1.165, 1.54) is 0 Å². The summed E-state index contributed by atoms with van der Waals surface area (Å²) in [5.74, 6) is -0.0667. The molecule has 2 atom stereocenters. The van der Waals surface area contributed by atoms with Gasteiger partial charge in [-0.1, -0.05) is 48.0 Å². The van der Waals surface area contributed by atoms with Crippen LogP contribution in [0.25, 0.3) is 6.08 Å². The fraction of sp³-hybridized carbons (Fsp3) is 0.318. The van der Waals surface area contributed by atoms with Crippen LogP contribution in [-0.4, -0.2) is 36.6 Å². The Morgan fingerprint density at radius 2 is 1.57 bits per heavy atom. The Morgan fingerprint density at radius 1 is 0.964 bits per heavy atom. The van der Waals surface area contributed by atoms with Gasteiger partial charge in [0.15, 0.2) is 9.84 Å². The first-order valence-electron chi connectivity index (χ1n) is 9.50. The number of amides is 1. The van der Waals surface area contributed by atoms with Gasteiger partial charge in [0, 0.05) is 23.2 Å². The molecule has 4 rings (SSSR count). The molecular weight excluding hydrogens is 394 g/mol. The molecule has 0 saturated carbocycles. The lowest BCUT2D eigenvalue weighted by molar-refractivity contribution is -0.130. The van der Waals surface area contributed by atoms with Crippen LogP contribution in [0.4, 0.5) is 0 Å². The Labute approximate surface area is 170 Å². The quantitative estimate of drug-likeness (QED) is 0.697. The van der Waals surface area contributed by atoms with Crippen molar-refractivity contribution >= 4 is 33.4 Å². The molecule has 4 nitrogen and oxygen atoms in total. The number of hydrogen-bond donors (Lipinski definition) is 0. The molecule has 2 aromatic carbocycles. The molecule has 2 bridgehead atoms. The first-order valence-corrected chi connectivity index (χ1v) is 11.4. The Balaban J connectivity index is 1.50. The van der Waals surface area contributed by atoms with Crippen molar-refractivity contribution in [1.82, 2.24) is 4.90 Å². The third-order valence-electron chi connectivity index (χ3n) is 5.77. The molecular formula is C22H22ClNO3S. The van der Waals surface area contributed by atoms with Crippen LogP contribution >= 0.6 is 11.6 Å².